The maximum Gasteiger partial charge on any atom is 0.107 e. The van der Waals surface area contributed by atoms with Gasteiger partial charge in [-0.15, -0.1) is 6.42 Å². The summed E-state index contributed by atoms with van der Waals surface area (Å²) in [5, 5.41) is 0. The van der Waals surface area contributed by atoms with Crippen molar-refractivity contribution in [3.05, 3.63) is 0 Å². The molecule has 2 nitrogen and oxygen atoms in total. The molecule has 0 saturated carbocycles. The van der Waals surface area contributed by atoms with E-state index >= 15 is 0 Å². The number of hydrogen-bond donors (Lipinski definition) is 0. The molecule has 0 atom stereocenters. The maximum absolute atomic E-state index is 5.46. The van der Waals surface area contributed by atoms with Crippen molar-refractivity contribution < 1.29 is 9.47 Å². The van der Waals surface area contributed by atoms with Crippen LogP contribution in [0, 0.1) is 12.3 Å². The lowest BCUT2D eigenvalue weighted by atomic mass is 10.1. The van der Waals surface area contributed by atoms with Crippen LogP contribution in [-0.2, 0) is 9.47 Å². The number of terminal acetylenes is 1. The first-order chi connectivity index (χ1) is 9.41. The van der Waals surface area contributed by atoms with Gasteiger partial charge >= 0.3 is 0 Å². The Morgan fingerprint density at radius 1 is 0.684 bits per heavy atom. The van der Waals surface area contributed by atoms with E-state index in [0.717, 1.165) is 6.61 Å². The Morgan fingerprint density at radius 2 is 1.21 bits per heavy atom. The van der Waals surface area contributed by atoms with Crippen molar-refractivity contribution in [2.24, 2.45) is 0 Å². The zero-order chi connectivity index (χ0) is 14.0. The molecule has 0 unspecified atom stereocenters. The van der Waals surface area contributed by atoms with Crippen LogP contribution in [0.25, 0.3) is 0 Å². The average molecular weight is 268 g/mol. The molecule has 0 aliphatic rings. The Morgan fingerprint density at radius 3 is 1.79 bits per heavy atom. The Hall–Kier alpha value is -0.520. The molecule has 0 bridgehead atoms. The highest BCUT2D eigenvalue weighted by atomic mass is 16.5. The molecule has 0 aromatic rings. The fraction of sp³-hybridized carbons (Fsp3) is 0.882. The molecule has 112 valence electrons. The van der Waals surface area contributed by atoms with Gasteiger partial charge in [-0.2, -0.15) is 0 Å². The Balaban J connectivity index is 2.90. The molecule has 0 heterocycles. The zero-order valence-electron chi connectivity index (χ0n) is 12.8. The van der Waals surface area contributed by atoms with Crippen molar-refractivity contribution >= 4 is 0 Å². The Kier molecular flexibility index (Phi) is 17.0. The fourth-order valence-electron chi connectivity index (χ4n) is 2.04. The summed E-state index contributed by atoms with van der Waals surface area (Å²) in [6, 6.07) is 0. The molecule has 0 aliphatic heterocycles. The second kappa shape index (κ2) is 17.5. The minimum atomic E-state index is 0.390. The Labute approximate surface area is 120 Å². The minimum absolute atomic E-state index is 0.390. The smallest absolute Gasteiger partial charge is 0.107 e. The average Bonchev–Trinajstić information content (AvgIpc) is 2.43. The molecule has 0 radical (unpaired) electrons. The predicted molar refractivity (Wildman–Crippen MR) is 82.3 cm³/mol. The van der Waals surface area contributed by atoms with Gasteiger partial charge in [0.1, 0.15) is 6.61 Å². The monoisotopic (exact) mass is 268 g/mol. The van der Waals surface area contributed by atoms with E-state index in [2.05, 4.69) is 12.8 Å². The van der Waals surface area contributed by atoms with Gasteiger partial charge in [-0.1, -0.05) is 70.6 Å². The molecule has 0 aliphatic carbocycles. The van der Waals surface area contributed by atoms with Crippen LogP contribution in [-0.4, -0.2) is 26.4 Å². The van der Waals surface area contributed by atoms with E-state index in [1.807, 2.05) is 0 Å². The summed E-state index contributed by atoms with van der Waals surface area (Å²) in [5.41, 5.74) is 0. The third kappa shape index (κ3) is 17.5. The van der Waals surface area contributed by atoms with E-state index in [1.54, 1.807) is 0 Å². The molecule has 0 aromatic carbocycles. The van der Waals surface area contributed by atoms with Gasteiger partial charge in [-0.25, -0.2) is 0 Å². The van der Waals surface area contributed by atoms with Crippen LogP contribution in [0.5, 0.6) is 0 Å². The second-order valence-electron chi connectivity index (χ2n) is 5.05. The summed E-state index contributed by atoms with van der Waals surface area (Å²) in [5.74, 6) is 2.44. The lowest BCUT2D eigenvalue weighted by Gasteiger charge is -2.04. The molecule has 0 spiro atoms. The van der Waals surface area contributed by atoms with Crippen LogP contribution in [0.2, 0.25) is 0 Å². The number of rotatable bonds is 15. The third-order valence-electron chi connectivity index (χ3n) is 3.20. The van der Waals surface area contributed by atoms with Gasteiger partial charge in [0.15, 0.2) is 0 Å². The topological polar surface area (TPSA) is 18.5 Å². The summed E-state index contributed by atoms with van der Waals surface area (Å²) in [4.78, 5) is 0. The minimum Gasteiger partial charge on any atom is -0.379 e. The Bertz CT molecular complexity index is 196. The lowest BCUT2D eigenvalue weighted by Crippen LogP contribution is -2.05. The van der Waals surface area contributed by atoms with Gasteiger partial charge in [-0.3, -0.25) is 0 Å². The molecule has 0 fully saturated rings. The van der Waals surface area contributed by atoms with E-state index in [9.17, 15) is 0 Å². The van der Waals surface area contributed by atoms with Gasteiger partial charge in [0.05, 0.1) is 13.2 Å². The first-order valence-corrected chi connectivity index (χ1v) is 8.00. The summed E-state index contributed by atoms with van der Waals surface area (Å²) >= 11 is 0. The summed E-state index contributed by atoms with van der Waals surface area (Å²) < 4.78 is 10.6. The lowest BCUT2D eigenvalue weighted by molar-refractivity contribution is 0.0583. The van der Waals surface area contributed by atoms with Crippen molar-refractivity contribution in [3.8, 4) is 12.3 Å². The molecular formula is C17H32O2. The summed E-state index contributed by atoms with van der Waals surface area (Å²) in [6.45, 7) is 4.79. The molecular weight excluding hydrogens is 236 g/mol. The molecule has 0 rings (SSSR count). The highest BCUT2D eigenvalue weighted by Gasteiger charge is 1.93. The molecule has 2 heteroatoms. The molecule has 0 saturated heterocycles. The first-order valence-electron chi connectivity index (χ1n) is 8.00. The molecule has 0 amide bonds. The number of unbranched alkanes of at least 4 members (excludes halogenated alkanes) is 9. The van der Waals surface area contributed by atoms with Crippen molar-refractivity contribution in [3.63, 3.8) is 0 Å². The SMILES string of the molecule is C#CCOCCOCCCCCCCCCCCC. The highest BCUT2D eigenvalue weighted by Crippen LogP contribution is 2.10. The van der Waals surface area contributed by atoms with Crippen LogP contribution in [0.1, 0.15) is 71.1 Å². The van der Waals surface area contributed by atoms with Crippen molar-refractivity contribution in [1.82, 2.24) is 0 Å². The van der Waals surface area contributed by atoms with Gasteiger partial charge in [0.25, 0.3) is 0 Å². The quantitative estimate of drug-likeness (QED) is 0.320. The summed E-state index contributed by atoms with van der Waals surface area (Å²) in [7, 11) is 0. The molecule has 0 aromatic heterocycles. The standard InChI is InChI=1S/C17H32O2/c1-3-5-6-7-8-9-10-11-12-13-15-19-17-16-18-14-4-2/h2H,3,5-17H2,1H3. The second-order valence-corrected chi connectivity index (χ2v) is 5.05. The van der Waals surface area contributed by atoms with Crippen molar-refractivity contribution in [2.45, 2.75) is 71.1 Å². The van der Waals surface area contributed by atoms with Crippen molar-refractivity contribution in [2.75, 3.05) is 26.4 Å². The first kappa shape index (κ1) is 18.5. The van der Waals surface area contributed by atoms with Gasteiger partial charge < -0.3 is 9.47 Å². The van der Waals surface area contributed by atoms with E-state index in [1.165, 1.54) is 64.2 Å². The number of hydrogen-bond acceptors (Lipinski definition) is 2. The van der Waals surface area contributed by atoms with E-state index in [0.29, 0.717) is 19.8 Å². The van der Waals surface area contributed by atoms with E-state index in [-0.39, 0.29) is 0 Å². The zero-order valence-corrected chi connectivity index (χ0v) is 12.8. The van der Waals surface area contributed by atoms with Crippen LogP contribution < -0.4 is 0 Å². The predicted octanol–water partition coefficient (Wildman–Crippen LogP) is 4.57. The third-order valence-corrected chi connectivity index (χ3v) is 3.20. The fourth-order valence-corrected chi connectivity index (χ4v) is 2.04. The maximum atomic E-state index is 5.46. The van der Waals surface area contributed by atoms with Crippen LogP contribution in [0.4, 0.5) is 0 Å². The van der Waals surface area contributed by atoms with Crippen LogP contribution in [0.15, 0.2) is 0 Å². The highest BCUT2D eigenvalue weighted by molar-refractivity contribution is 4.82. The van der Waals surface area contributed by atoms with E-state index < -0.39 is 0 Å². The van der Waals surface area contributed by atoms with Gasteiger partial charge in [0, 0.05) is 6.61 Å². The summed E-state index contributed by atoms with van der Waals surface area (Å²) in [6.07, 6.45) is 18.7. The number of ether oxygens (including phenoxy) is 2. The van der Waals surface area contributed by atoms with Gasteiger partial charge in [0.2, 0.25) is 0 Å². The normalized spacial score (nSPS) is 10.5. The van der Waals surface area contributed by atoms with E-state index in [4.69, 9.17) is 15.9 Å². The van der Waals surface area contributed by atoms with Crippen molar-refractivity contribution in [1.29, 1.82) is 0 Å². The molecule has 19 heavy (non-hydrogen) atoms. The largest absolute Gasteiger partial charge is 0.379 e. The van der Waals surface area contributed by atoms with Crippen LogP contribution in [0.3, 0.4) is 0 Å². The molecule has 0 N–H and O–H groups in total. The van der Waals surface area contributed by atoms with Gasteiger partial charge in [-0.05, 0) is 6.42 Å². The van der Waals surface area contributed by atoms with Crippen LogP contribution >= 0.6 is 0 Å².